The lowest BCUT2D eigenvalue weighted by molar-refractivity contribution is 0.0827. The Morgan fingerprint density at radius 1 is 1.27 bits per heavy atom. The monoisotopic (exact) mass is 425 g/mol. The molecule has 1 aromatic carbocycles. The van der Waals surface area contributed by atoms with Crippen LogP contribution in [-0.4, -0.2) is 72.4 Å². The van der Waals surface area contributed by atoms with Crippen LogP contribution in [0.15, 0.2) is 29.4 Å². The lowest BCUT2D eigenvalue weighted by Crippen LogP contribution is -2.36. The van der Waals surface area contributed by atoms with Crippen molar-refractivity contribution in [3.63, 3.8) is 0 Å². The quantitative estimate of drug-likeness (QED) is 0.495. The second kappa shape index (κ2) is 8.72. The summed E-state index contributed by atoms with van der Waals surface area (Å²) in [7, 11) is 3.41. The van der Waals surface area contributed by atoms with E-state index in [1.165, 1.54) is 16.2 Å². The SMILES string of the molecule is Cc1cccc(/C=N/Nc2nc(N3CCOCC3)c3sc(C(=O)N(C)C)nc3n2)c1. The maximum absolute atomic E-state index is 12.4. The van der Waals surface area contributed by atoms with Crippen molar-refractivity contribution in [2.75, 3.05) is 50.7 Å². The fraction of sp³-hybridized carbons (Fsp3) is 0.350. The number of carbonyl (C=O) groups is 1. The Kier molecular flexibility index (Phi) is 5.86. The summed E-state index contributed by atoms with van der Waals surface area (Å²) in [6, 6.07) is 8.02. The second-order valence-electron chi connectivity index (χ2n) is 7.13. The molecule has 0 atom stereocenters. The molecule has 1 N–H and O–H groups in total. The van der Waals surface area contributed by atoms with E-state index in [1.807, 2.05) is 31.2 Å². The molecule has 9 nitrogen and oxygen atoms in total. The molecule has 156 valence electrons. The van der Waals surface area contributed by atoms with E-state index in [4.69, 9.17) is 4.74 Å². The molecule has 0 bridgehead atoms. The number of hydrogen-bond acceptors (Lipinski definition) is 9. The molecule has 2 aromatic heterocycles. The van der Waals surface area contributed by atoms with Crippen molar-refractivity contribution >= 4 is 45.6 Å². The Bertz CT molecular complexity index is 1090. The van der Waals surface area contributed by atoms with Crippen LogP contribution in [0.1, 0.15) is 20.9 Å². The zero-order valence-electron chi connectivity index (χ0n) is 17.1. The molecule has 0 saturated carbocycles. The number of hydrogen-bond donors (Lipinski definition) is 1. The highest BCUT2D eigenvalue weighted by atomic mass is 32.1. The zero-order chi connectivity index (χ0) is 21.1. The van der Waals surface area contributed by atoms with Crippen molar-refractivity contribution in [2.45, 2.75) is 6.92 Å². The number of ether oxygens (including phenoxy) is 1. The lowest BCUT2D eigenvalue weighted by Gasteiger charge is -2.28. The number of nitrogens with one attached hydrogen (secondary N) is 1. The van der Waals surface area contributed by atoms with Gasteiger partial charge in [-0.25, -0.2) is 10.4 Å². The van der Waals surface area contributed by atoms with E-state index in [9.17, 15) is 4.79 Å². The van der Waals surface area contributed by atoms with E-state index < -0.39 is 0 Å². The summed E-state index contributed by atoms with van der Waals surface area (Å²) >= 11 is 1.31. The number of rotatable bonds is 5. The van der Waals surface area contributed by atoms with Crippen molar-refractivity contribution < 1.29 is 9.53 Å². The summed E-state index contributed by atoms with van der Waals surface area (Å²) in [6.07, 6.45) is 1.72. The van der Waals surface area contributed by atoms with E-state index in [0.717, 1.165) is 21.6 Å². The maximum Gasteiger partial charge on any atom is 0.282 e. The van der Waals surface area contributed by atoms with Crippen LogP contribution >= 0.6 is 11.3 Å². The normalized spacial score (nSPS) is 14.4. The molecule has 1 aliphatic rings. The van der Waals surface area contributed by atoms with Crippen LogP contribution in [0.5, 0.6) is 0 Å². The van der Waals surface area contributed by atoms with Gasteiger partial charge < -0.3 is 14.5 Å². The van der Waals surface area contributed by atoms with Gasteiger partial charge in [-0.1, -0.05) is 29.8 Å². The third-order valence-corrected chi connectivity index (χ3v) is 5.58. The molecule has 1 fully saturated rings. The van der Waals surface area contributed by atoms with Crippen LogP contribution in [0.4, 0.5) is 11.8 Å². The zero-order valence-corrected chi connectivity index (χ0v) is 17.9. The van der Waals surface area contributed by atoms with Crippen LogP contribution < -0.4 is 10.3 Å². The van der Waals surface area contributed by atoms with Crippen LogP contribution in [0.3, 0.4) is 0 Å². The Morgan fingerprint density at radius 2 is 2.07 bits per heavy atom. The molecule has 1 amide bonds. The number of hydrazone groups is 1. The molecule has 10 heteroatoms. The molecule has 0 radical (unpaired) electrons. The first kappa shape index (κ1) is 20.2. The van der Waals surface area contributed by atoms with Gasteiger partial charge in [0.15, 0.2) is 16.5 Å². The molecule has 1 aliphatic heterocycles. The first-order valence-electron chi connectivity index (χ1n) is 9.60. The van der Waals surface area contributed by atoms with Crippen molar-refractivity contribution in [1.29, 1.82) is 0 Å². The first-order valence-corrected chi connectivity index (χ1v) is 10.4. The van der Waals surface area contributed by atoms with Crippen molar-refractivity contribution in [3.05, 3.63) is 40.4 Å². The number of morpholine rings is 1. The van der Waals surface area contributed by atoms with Gasteiger partial charge in [0, 0.05) is 27.2 Å². The van der Waals surface area contributed by atoms with Crippen molar-refractivity contribution in [3.8, 4) is 0 Å². The van der Waals surface area contributed by atoms with E-state index in [1.54, 1.807) is 20.3 Å². The minimum absolute atomic E-state index is 0.155. The number of carbonyl (C=O) groups excluding carboxylic acids is 1. The third kappa shape index (κ3) is 4.39. The topological polar surface area (TPSA) is 95.8 Å². The van der Waals surface area contributed by atoms with E-state index in [0.29, 0.717) is 42.9 Å². The van der Waals surface area contributed by atoms with Crippen LogP contribution in [0.25, 0.3) is 10.3 Å². The lowest BCUT2D eigenvalue weighted by atomic mass is 10.2. The number of aromatic nitrogens is 3. The van der Waals surface area contributed by atoms with E-state index in [-0.39, 0.29) is 5.91 Å². The summed E-state index contributed by atoms with van der Waals surface area (Å²) in [5.41, 5.74) is 5.52. The van der Waals surface area contributed by atoms with Crippen molar-refractivity contribution in [2.24, 2.45) is 5.10 Å². The van der Waals surface area contributed by atoms with Gasteiger partial charge in [-0.15, -0.1) is 11.3 Å². The molecular formula is C20H23N7O2S. The van der Waals surface area contributed by atoms with Crippen LogP contribution in [-0.2, 0) is 4.74 Å². The average Bonchev–Trinajstić information content (AvgIpc) is 3.17. The predicted octanol–water partition coefficient (Wildman–Crippen LogP) is 2.38. The van der Waals surface area contributed by atoms with Gasteiger partial charge in [-0.2, -0.15) is 15.1 Å². The molecule has 3 heterocycles. The van der Waals surface area contributed by atoms with Crippen molar-refractivity contribution in [1.82, 2.24) is 19.9 Å². The second-order valence-corrected chi connectivity index (χ2v) is 8.12. The summed E-state index contributed by atoms with van der Waals surface area (Å²) in [6.45, 7) is 4.72. The minimum atomic E-state index is -0.155. The van der Waals surface area contributed by atoms with Gasteiger partial charge in [0.1, 0.15) is 4.70 Å². The fourth-order valence-electron chi connectivity index (χ4n) is 3.05. The number of aryl methyl sites for hydroxylation is 1. The van der Waals surface area contributed by atoms with E-state index >= 15 is 0 Å². The van der Waals surface area contributed by atoms with Gasteiger partial charge in [0.2, 0.25) is 5.95 Å². The smallest absolute Gasteiger partial charge is 0.282 e. The molecule has 1 saturated heterocycles. The molecule has 0 unspecified atom stereocenters. The third-order valence-electron chi connectivity index (χ3n) is 4.56. The van der Waals surface area contributed by atoms with Crippen LogP contribution in [0, 0.1) is 6.92 Å². The molecule has 3 aromatic rings. The van der Waals surface area contributed by atoms with Gasteiger partial charge in [-0.05, 0) is 12.5 Å². The number of benzene rings is 1. The maximum atomic E-state index is 12.4. The molecular weight excluding hydrogens is 402 g/mol. The number of thiazole rings is 1. The minimum Gasteiger partial charge on any atom is -0.378 e. The van der Waals surface area contributed by atoms with Crippen LogP contribution in [0.2, 0.25) is 0 Å². The predicted molar refractivity (Wildman–Crippen MR) is 119 cm³/mol. The summed E-state index contributed by atoms with van der Waals surface area (Å²) in [5, 5.41) is 4.66. The molecule has 4 rings (SSSR count). The van der Waals surface area contributed by atoms with Gasteiger partial charge in [0.25, 0.3) is 5.91 Å². The fourth-order valence-corrected chi connectivity index (χ4v) is 4.09. The number of fused-ring (bicyclic) bond motifs is 1. The number of amides is 1. The Hall–Kier alpha value is -3.11. The number of anilines is 2. The standard InChI is InChI=1S/C20H23N7O2S/c1-13-5-4-6-14(11-13)12-21-25-20-23-16-15(30-18(22-16)19(28)26(2)3)17(24-20)27-7-9-29-10-8-27/h4-6,11-12H,7-10H2,1-3H3,(H,23,24,25)/b21-12+. The van der Waals surface area contributed by atoms with E-state index in [2.05, 4.69) is 30.4 Å². The summed E-state index contributed by atoms with van der Waals surface area (Å²) in [5.74, 6) is 0.923. The highest BCUT2D eigenvalue weighted by molar-refractivity contribution is 7.20. The van der Waals surface area contributed by atoms with Gasteiger partial charge in [0.05, 0.1) is 19.4 Å². The number of nitrogens with zero attached hydrogens (tertiary/aromatic N) is 6. The van der Waals surface area contributed by atoms with Gasteiger partial charge in [-0.3, -0.25) is 4.79 Å². The highest BCUT2D eigenvalue weighted by Gasteiger charge is 2.23. The molecule has 0 spiro atoms. The average molecular weight is 426 g/mol. The largest absolute Gasteiger partial charge is 0.378 e. The molecule has 0 aliphatic carbocycles. The summed E-state index contributed by atoms with van der Waals surface area (Å²) in [4.78, 5) is 29.6. The Morgan fingerprint density at radius 3 is 2.80 bits per heavy atom. The summed E-state index contributed by atoms with van der Waals surface area (Å²) < 4.78 is 6.25. The highest BCUT2D eigenvalue weighted by Crippen LogP contribution is 2.31. The van der Waals surface area contributed by atoms with Gasteiger partial charge >= 0.3 is 0 Å². The Labute approximate surface area is 178 Å². The Balaban J connectivity index is 1.68. The molecule has 30 heavy (non-hydrogen) atoms. The first-order chi connectivity index (χ1) is 14.5.